The van der Waals surface area contributed by atoms with Gasteiger partial charge in [0.15, 0.2) is 18.2 Å². The van der Waals surface area contributed by atoms with Crippen LogP contribution in [0.3, 0.4) is 0 Å². The topological polar surface area (TPSA) is 361 Å². The molecule has 0 spiro atoms. The molecule has 372 valence electrons. The highest BCUT2D eigenvalue weighted by Crippen LogP contribution is 2.26. The molecule has 22 heteroatoms. The molecule has 1 rings (SSSR count). The number of hydrogen-bond acceptors (Lipinski definition) is 13. The molecule has 0 saturated carbocycles. The predicted octanol–water partition coefficient (Wildman–Crippen LogP) is 0.174. The number of rotatable bonds is 37. The Morgan fingerprint density at radius 2 is 1.06 bits per heavy atom. The smallest absolute Gasteiger partial charge is 0.407 e. The number of hydrogen-bond donors (Lipinski definition) is 12. The first-order valence-electron chi connectivity index (χ1n) is 23.2. The minimum Gasteiger partial charge on any atom is -0.477 e. The number of aliphatic hydroxyl groups excluding tert-OH is 2. The van der Waals surface area contributed by atoms with E-state index >= 15 is 0 Å². The van der Waals surface area contributed by atoms with Gasteiger partial charge in [-0.2, -0.15) is 0 Å². The number of carboxylic acids is 1. The molecule has 0 fully saturated rings. The average Bonchev–Trinajstić information content (AvgIpc) is 3.25. The van der Waals surface area contributed by atoms with Crippen LogP contribution in [-0.4, -0.2) is 139 Å². The highest BCUT2D eigenvalue weighted by Gasteiger charge is 2.46. The molecule has 0 bridgehead atoms. The van der Waals surface area contributed by atoms with Crippen molar-refractivity contribution in [3.05, 3.63) is 11.8 Å². The Labute approximate surface area is 382 Å². The largest absolute Gasteiger partial charge is 0.477 e. The van der Waals surface area contributed by atoms with E-state index in [-0.39, 0.29) is 30.2 Å². The van der Waals surface area contributed by atoms with Crippen LogP contribution < -0.4 is 49.1 Å². The molecule has 1 aliphatic heterocycles. The van der Waals surface area contributed by atoms with Crippen molar-refractivity contribution >= 4 is 47.6 Å². The summed E-state index contributed by atoms with van der Waals surface area (Å²) >= 11 is 0. The number of aliphatic hydroxyl groups is 2. The van der Waals surface area contributed by atoms with Gasteiger partial charge in [0.1, 0.15) is 6.10 Å². The first-order chi connectivity index (χ1) is 31.2. The molecule has 22 nitrogen and oxygen atoms in total. The fraction of sp³-hybridized carbons (Fsp3) is 0.767. The van der Waals surface area contributed by atoms with Crippen LogP contribution in [0.1, 0.15) is 135 Å². The molecule has 65 heavy (non-hydrogen) atoms. The number of ether oxygens (including phenoxy) is 2. The van der Waals surface area contributed by atoms with Crippen LogP contribution in [0.5, 0.6) is 0 Å². The standard InChI is InChI=1S/C43H78N10O12/c1-30(55)52-38-31(53-42(45)46)28-33(41(61)62)64-40(38)39(32(56)29-54)65-43(63)51-27-14-3-2-13-23-47-35(58)19-9-5-16-25-49-37(60)21-11-7-17-26-50-36(59)20-10-6-15-24-48-34(57)18-8-4-12-22-44/h28,31-32,38-40,54,56H,2-27,29,44H2,1H3,(H,47,58)(H,48,57)(H,49,60)(H,50,59)(H,51,63)(H,52,55)(H,61,62)(H4,45,46,53)/t31-,32+,38+,39+,40+/m0/s1. The maximum Gasteiger partial charge on any atom is 0.407 e. The van der Waals surface area contributed by atoms with Crippen molar-refractivity contribution in [1.82, 2.24) is 31.9 Å². The Morgan fingerprint density at radius 3 is 1.43 bits per heavy atom. The van der Waals surface area contributed by atoms with Crippen LogP contribution in [0.15, 0.2) is 16.8 Å². The van der Waals surface area contributed by atoms with Gasteiger partial charge in [-0.1, -0.05) is 38.5 Å². The molecule has 0 radical (unpaired) electrons. The first-order valence-corrected chi connectivity index (χ1v) is 23.2. The van der Waals surface area contributed by atoms with Crippen LogP contribution in [0.2, 0.25) is 0 Å². The van der Waals surface area contributed by atoms with E-state index in [0.717, 1.165) is 96.0 Å². The van der Waals surface area contributed by atoms with E-state index in [1.807, 2.05) is 0 Å². The SMILES string of the molecule is CC(=O)N[C@H]1[C@H]([C@H](OC(=O)NCCCCCCNC(=O)CCCCCNC(=O)CCCCCNC(=O)CCCCCNC(=O)CCCCCN)[C@H](O)CO)OC(C(=O)O)=C[C@@H]1N=C(N)N. The minimum atomic E-state index is -1.73. The number of carbonyl (C=O) groups is 7. The second-order valence-electron chi connectivity index (χ2n) is 16.1. The number of nitrogens with one attached hydrogen (secondary N) is 6. The first kappa shape index (κ1) is 57.8. The second-order valence-corrected chi connectivity index (χ2v) is 16.1. The lowest BCUT2D eigenvalue weighted by molar-refractivity contribution is -0.146. The Morgan fingerprint density at radius 1 is 0.662 bits per heavy atom. The van der Waals surface area contributed by atoms with Gasteiger partial charge in [0, 0.05) is 65.3 Å². The third kappa shape index (κ3) is 29.0. The zero-order valence-corrected chi connectivity index (χ0v) is 38.3. The number of amides is 6. The van der Waals surface area contributed by atoms with Crippen molar-refractivity contribution in [2.24, 2.45) is 22.2 Å². The van der Waals surface area contributed by atoms with E-state index in [0.29, 0.717) is 71.2 Å². The molecule has 0 aromatic carbocycles. The molecule has 6 amide bonds. The third-order valence-electron chi connectivity index (χ3n) is 10.3. The van der Waals surface area contributed by atoms with Crippen LogP contribution in [-0.2, 0) is 38.2 Å². The summed E-state index contributed by atoms with van der Waals surface area (Å²) in [6, 6.07) is -2.36. The molecule has 0 unspecified atom stereocenters. The van der Waals surface area contributed by atoms with E-state index in [2.05, 4.69) is 36.9 Å². The van der Waals surface area contributed by atoms with E-state index in [9.17, 15) is 48.9 Å². The summed E-state index contributed by atoms with van der Waals surface area (Å²) < 4.78 is 10.9. The quantitative estimate of drug-likeness (QED) is 0.0225. The van der Waals surface area contributed by atoms with Gasteiger partial charge in [-0.25, -0.2) is 14.6 Å². The molecular weight excluding hydrogens is 849 g/mol. The summed E-state index contributed by atoms with van der Waals surface area (Å²) in [6.45, 7) is 3.40. The van der Waals surface area contributed by atoms with Crippen LogP contribution >= 0.6 is 0 Å². The van der Waals surface area contributed by atoms with E-state index < -0.39 is 66.7 Å². The van der Waals surface area contributed by atoms with E-state index in [1.165, 1.54) is 6.92 Å². The molecule has 15 N–H and O–H groups in total. The van der Waals surface area contributed by atoms with Crippen LogP contribution in [0.4, 0.5) is 4.79 Å². The van der Waals surface area contributed by atoms with Gasteiger partial charge in [-0.15, -0.1) is 0 Å². The Hall–Kier alpha value is -5.22. The number of nitrogens with zero attached hydrogens (tertiary/aromatic N) is 1. The lowest BCUT2D eigenvalue weighted by Crippen LogP contribution is -2.61. The summed E-state index contributed by atoms with van der Waals surface area (Å²) in [5, 5.41) is 46.5. The van der Waals surface area contributed by atoms with Gasteiger partial charge in [0.2, 0.25) is 35.3 Å². The Kier molecular flexibility index (Phi) is 32.1. The number of aliphatic imine (C=N–C) groups is 1. The molecule has 1 aliphatic rings. The average molecular weight is 927 g/mol. The maximum absolute atomic E-state index is 12.7. The molecule has 1 heterocycles. The molecule has 0 aliphatic carbocycles. The van der Waals surface area contributed by atoms with E-state index in [4.69, 9.17) is 26.7 Å². The number of carbonyl (C=O) groups excluding carboxylic acids is 6. The summed E-state index contributed by atoms with van der Waals surface area (Å²) in [7, 11) is 0. The van der Waals surface area contributed by atoms with Gasteiger partial charge in [-0.3, -0.25) is 24.0 Å². The van der Waals surface area contributed by atoms with Crippen molar-refractivity contribution in [1.29, 1.82) is 0 Å². The van der Waals surface area contributed by atoms with Gasteiger partial charge >= 0.3 is 12.1 Å². The van der Waals surface area contributed by atoms with Gasteiger partial charge in [0.25, 0.3) is 0 Å². The Balaban J connectivity index is 2.12. The minimum absolute atomic E-state index is 0.00504. The predicted molar refractivity (Wildman–Crippen MR) is 243 cm³/mol. The van der Waals surface area contributed by atoms with Gasteiger partial charge in [-0.05, 0) is 76.8 Å². The number of alkyl carbamates (subject to hydrolysis) is 1. The zero-order valence-electron chi connectivity index (χ0n) is 38.3. The molecule has 0 aromatic heterocycles. The number of nitrogens with two attached hydrogens (primary N) is 3. The van der Waals surface area contributed by atoms with Crippen molar-refractivity contribution < 1.29 is 58.4 Å². The number of aliphatic carboxylic acids is 1. The van der Waals surface area contributed by atoms with E-state index in [1.54, 1.807) is 0 Å². The van der Waals surface area contributed by atoms with Gasteiger partial charge in [0.05, 0.1) is 18.7 Å². The lowest BCUT2D eigenvalue weighted by atomic mass is 9.92. The lowest BCUT2D eigenvalue weighted by Gasteiger charge is -2.39. The summed E-state index contributed by atoms with van der Waals surface area (Å²) in [6.07, 6.45) is 9.72. The number of guanidine groups is 1. The monoisotopic (exact) mass is 927 g/mol. The third-order valence-corrected chi connectivity index (χ3v) is 10.3. The van der Waals surface area contributed by atoms with Crippen molar-refractivity contribution in [3.8, 4) is 0 Å². The highest BCUT2D eigenvalue weighted by atomic mass is 16.6. The second kappa shape index (κ2) is 36.1. The maximum atomic E-state index is 12.7. The van der Waals surface area contributed by atoms with Crippen molar-refractivity contribution in [2.75, 3.05) is 45.9 Å². The number of carboxylic acid groups (broad SMARTS) is 1. The molecule has 0 saturated heterocycles. The van der Waals surface area contributed by atoms with Crippen LogP contribution in [0.25, 0.3) is 0 Å². The molecular formula is C43H78N10O12. The molecule has 5 atom stereocenters. The normalized spacial score (nSPS) is 16.4. The highest BCUT2D eigenvalue weighted by molar-refractivity contribution is 5.85. The summed E-state index contributed by atoms with van der Waals surface area (Å²) in [4.78, 5) is 88.6. The van der Waals surface area contributed by atoms with Crippen LogP contribution in [0, 0.1) is 0 Å². The fourth-order valence-corrected chi connectivity index (χ4v) is 6.86. The fourth-order valence-electron chi connectivity index (χ4n) is 6.86. The summed E-state index contributed by atoms with van der Waals surface area (Å²) in [5.41, 5.74) is 16.5. The summed E-state index contributed by atoms with van der Waals surface area (Å²) in [5.74, 6) is -3.08. The zero-order chi connectivity index (χ0) is 48.2. The van der Waals surface area contributed by atoms with Crippen molar-refractivity contribution in [3.63, 3.8) is 0 Å². The van der Waals surface area contributed by atoms with Crippen molar-refractivity contribution in [2.45, 2.75) is 166 Å². The van der Waals surface area contributed by atoms with Gasteiger partial charge < -0.3 is 73.9 Å². The number of unbranched alkanes of at least 4 members (excludes halogenated alkanes) is 11. The Bertz CT molecular complexity index is 1500. The molecule has 0 aromatic rings.